The van der Waals surface area contributed by atoms with E-state index in [1.165, 1.54) is 16.9 Å². The molecule has 1 aliphatic rings. The second-order valence-corrected chi connectivity index (χ2v) is 7.07. The smallest absolute Gasteiger partial charge is 0.180 e. The quantitative estimate of drug-likeness (QED) is 0.725. The van der Waals surface area contributed by atoms with Crippen LogP contribution in [-0.4, -0.2) is 56.4 Å². The van der Waals surface area contributed by atoms with E-state index in [1.807, 2.05) is 18.2 Å². The number of thiazole rings is 1. The number of benzene rings is 1. The van der Waals surface area contributed by atoms with E-state index < -0.39 is 0 Å². The van der Waals surface area contributed by atoms with Crippen LogP contribution in [-0.2, 0) is 22.5 Å². The zero-order valence-electron chi connectivity index (χ0n) is 14.6. The summed E-state index contributed by atoms with van der Waals surface area (Å²) >= 11 is 1.53. The Morgan fingerprint density at radius 3 is 2.96 bits per heavy atom. The molecule has 2 heterocycles. The van der Waals surface area contributed by atoms with Crippen LogP contribution in [0.25, 0.3) is 0 Å². The molecule has 0 saturated carbocycles. The number of methoxy groups -OCH3 is 1. The van der Waals surface area contributed by atoms with Crippen molar-refractivity contribution in [3.8, 4) is 5.75 Å². The molecule has 7 heteroatoms. The summed E-state index contributed by atoms with van der Waals surface area (Å²) in [6.07, 6.45) is 0.786. The van der Waals surface area contributed by atoms with Crippen molar-refractivity contribution in [1.29, 1.82) is 0 Å². The van der Waals surface area contributed by atoms with Gasteiger partial charge in [-0.1, -0.05) is 12.1 Å². The number of hydrogen-bond acceptors (Lipinski definition) is 7. The van der Waals surface area contributed by atoms with E-state index in [0.717, 1.165) is 55.6 Å². The molecule has 1 aromatic carbocycles. The molecule has 0 amide bonds. The summed E-state index contributed by atoms with van der Waals surface area (Å²) in [7, 11) is 1.68. The van der Waals surface area contributed by atoms with Crippen LogP contribution in [0.4, 0.5) is 5.13 Å². The third-order valence-electron chi connectivity index (χ3n) is 4.19. The molecule has 0 bridgehead atoms. The van der Waals surface area contributed by atoms with Gasteiger partial charge in [-0.05, 0) is 17.7 Å². The Morgan fingerprint density at radius 1 is 1.32 bits per heavy atom. The summed E-state index contributed by atoms with van der Waals surface area (Å²) in [5.74, 6) is 0.860. The summed E-state index contributed by atoms with van der Waals surface area (Å²) in [4.78, 5) is 7.95. The normalized spacial score (nSPS) is 15.4. The number of morpholine rings is 1. The maximum absolute atomic E-state index is 5.92. The van der Waals surface area contributed by atoms with Crippen LogP contribution in [0.3, 0.4) is 0 Å². The van der Waals surface area contributed by atoms with Crippen molar-refractivity contribution in [2.45, 2.75) is 13.0 Å². The van der Waals surface area contributed by atoms with Gasteiger partial charge in [-0.3, -0.25) is 4.90 Å². The van der Waals surface area contributed by atoms with E-state index in [9.17, 15) is 0 Å². The van der Waals surface area contributed by atoms with Gasteiger partial charge >= 0.3 is 0 Å². The summed E-state index contributed by atoms with van der Waals surface area (Å²) in [6, 6.07) is 8.07. The monoisotopic (exact) mass is 363 g/mol. The Balaban J connectivity index is 1.53. The Bertz CT molecular complexity index is 671. The molecular formula is C18H25N3O3S. The lowest BCUT2D eigenvalue weighted by molar-refractivity contribution is 0.0177. The fraction of sp³-hybridized carbons (Fsp3) is 0.500. The second kappa shape index (κ2) is 9.15. The molecule has 1 fully saturated rings. The number of rotatable bonds is 8. The molecule has 136 valence electrons. The van der Waals surface area contributed by atoms with Crippen LogP contribution >= 0.6 is 11.3 Å². The molecule has 3 rings (SSSR count). The van der Waals surface area contributed by atoms with Crippen LogP contribution in [0.1, 0.15) is 16.1 Å². The highest BCUT2D eigenvalue weighted by molar-refractivity contribution is 7.15. The van der Waals surface area contributed by atoms with Crippen LogP contribution in [0.15, 0.2) is 24.3 Å². The van der Waals surface area contributed by atoms with Gasteiger partial charge < -0.3 is 19.9 Å². The molecule has 1 saturated heterocycles. The average Bonchev–Trinajstić information content (AvgIpc) is 2.99. The van der Waals surface area contributed by atoms with E-state index in [4.69, 9.17) is 19.9 Å². The van der Waals surface area contributed by atoms with E-state index in [-0.39, 0.29) is 0 Å². The first-order chi connectivity index (χ1) is 12.2. The minimum atomic E-state index is 0.497. The lowest BCUT2D eigenvalue weighted by Crippen LogP contribution is -2.38. The first-order valence-electron chi connectivity index (χ1n) is 8.49. The molecule has 25 heavy (non-hydrogen) atoms. The van der Waals surface area contributed by atoms with Crippen molar-refractivity contribution in [2.75, 3.05) is 52.3 Å². The lowest BCUT2D eigenvalue weighted by atomic mass is 10.1. The van der Waals surface area contributed by atoms with E-state index in [0.29, 0.717) is 18.3 Å². The third kappa shape index (κ3) is 5.40. The van der Waals surface area contributed by atoms with Crippen molar-refractivity contribution < 1.29 is 14.2 Å². The number of aromatic nitrogens is 1. The number of ether oxygens (including phenoxy) is 3. The molecule has 2 N–H and O–H groups in total. The topological polar surface area (TPSA) is 69.8 Å². The maximum atomic E-state index is 5.92. The van der Waals surface area contributed by atoms with Gasteiger partial charge in [-0.25, -0.2) is 4.98 Å². The number of hydrogen-bond donors (Lipinski definition) is 1. The standard InChI is InChI=1S/C18H25N3O3S/c1-22-15-4-2-3-14(11-15)12-17-16(20-18(19)25-17)13-24-10-7-21-5-8-23-9-6-21/h2-4,11H,5-10,12-13H2,1H3,(H2,19,20). The predicted molar refractivity (Wildman–Crippen MR) is 99.2 cm³/mol. The van der Waals surface area contributed by atoms with Gasteiger partial charge in [0.05, 0.1) is 39.2 Å². The fourth-order valence-electron chi connectivity index (χ4n) is 2.81. The Hall–Kier alpha value is -1.67. The third-order valence-corrected chi connectivity index (χ3v) is 5.11. The van der Waals surface area contributed by atoms with Gasteiger partial charge in [-0.2, -0.15) is 0 Å². The molecule has 0 atom stereocenters. The molecule has 1 aliphatic heterocycles. The van der Waals surface area contributed by atoms with Gasteiger partial charge in [0.2, 0.25) is 0 Å². The summed E-state index contributed by atoms with van der Waals surface area (Å²) in [5, 5.41) is 0.588. The molecule has 1 aromatic heterocycles. The molecule has 0 unspecified atom stereocenters. The molecule has 2 aromatic rings. The van der Waals surface area contributed by atoms with Crippen molar-refractivity contribution in [3.63, 3.8) is 0 Å². The van der Waals surface area contributed by atoms with Gasteiger partial charge in [-0.15, -0.1) is 11.3 Å². The van der Waals surface area contributed by atoms with Crippen molar-refractivity contribution in [1.82, 2.24) is 9.88 Å². The largest absolute Gasteiger partial charge is 0.497 e. The van der Waals surface area contributed by atoms with Gasteiger partial charge in [0.1, 0.15) is 5.75 Å². The number of nitrogen functional groups attached to an aromatic ring is 1. The highest BCUT2D eigenvalue weighted by Gasteiger charge is 2.13. The number of nitrogens with zero attached hydrogens (tertiary/aromatic N) is 2. The van der Waals surface area contributed by atoms with Crippen molar-refractivity contribution >= 4 is 16.5 Å². The second-order valence-electron chi connectivity index (χ2n) is 5.96. The first kappa shape index (κ1) is 18.1. The summed E-state index contributed by atoms with van der Waals surface area (Å²) in [6.45, 7) is 5.70. The highest BCUT2D eigenvalue weighted by atomic mass is 32.1. The van der Waals surface area contributed by atoms with Gasteiger partial charge in [0.15, 0.2) is 5.13 Å². The minimum absolute atomic E-state index is 0.497. The molecule has 0 spiro atoms. The molecular weight excluding hydrogens is 338 g/mol. The Kier molecular flexibility index (Phi) is 6.63. The van der Waals surface area contributed by atoms with Crippen LogP contribution < -0.4 is 10.5 Å². The summed E-state index contributed by atoms with van der Waals surface area (Å²) in [5.41, 5.74) is 8.03. The van der Waals surface area contributed by atoms with E-state index in [2.05, 4.69) is 16.0 Å². The van der Waals surface area contributed by atoms with Crippen LogP contribution in [0.2, 0.25) is 0 Å². The number of nitrogens with two attached hydrogens (primary N) is 1. The average molecular weight is 363 g/mol. The maximum Gasteiger partial charge on any atom is 0.180 e. The van der Waals surface area contributed by atoms with Gasteiger partial charge in [0, 0.05) is 30.9 Å². The molecule has 6 nitrogen and oxygen atoms in total. The SMILES string of the molecule is COc1cccc(Cc2sc(N)nc2COCCN2CCOCC2)c1. The fourth-order valence-corrected chi connectivity index (χ4v) is 3.68. The Labute approximate surface area is 152 Å². The minimum Gasteiger partial charge on any atom is -0.497 e. The molecule has 0 radical (unpaired) electrons. The van der Waals surface area contributed by atoms with Crippen molar-refractivity contribution in [2.24, 2.45) is 0 Å². The Morgan fingerprint density at radius 2 is 2.16 bits per heavy atom. The number of anilines is 1. The van der Waals surface area contributed by atoms with Crippen LogP contribution in [0.5, 0.6) is 5.75 Å². The zero-order valence-corrected chi connectivity index (χ0v) is 15.4. The lowest BCUT2D eigenvalue weighted by Gasteiger charge is -2.26. The summed E-state index contributed by atoms with van der Waals surface area (Å²) < 4.78 is 16.5. The zero-order chi connectivity index (χ0) is 17.5. The van der Waals surface area contributed by atoms with Crippen molar-refractivity contribution in [3.05, 3.63) is 40.4 Å². The first-order valence-corrected chi connectivity index (χ1v) is 9.31. The van der Waals surface area contributed by atoms with E-state index >= 15 is 0 Å². The van der Waals surface area contributed by atoms with Gasteiger partial charge in [0.25, 0.3) is 0 Å². The van der Waals surface area contributed by atoms with E-state index in [1.54, 1.807) is 7.11 Å². The highest BCUT2D eigenvalue weighted by Crippen LogP contribution is 2.25. The predicted octanol–water partition coefficient (Wildman–Crippen LogP) is 2.17. The molecule has 0 aliphatic carbocycles. The van der Waals surface area contributed by atoms with Crippen LogP contribution in [0, 0.1) is 0 Å².